The van der Waals surface area contributed by atoms with Crippen molar-refractivity contribution in [1.82, 2.24) is 10.3 Å². The van der Waals surface area contributed by atoms with Crippen molar-refractivity contribution in [3.63, 3.8) is 0 Å². The van der Waals surface area contributed by atoms with Crippen LogP contribution >= 0.6 is 0 Å². The van der Waals surface area contributed by atoms with Crippen LogP contribution in [0.2, 0.25) is 0 Å². The lowest BCUT2D eigenvalue weighted by Gasteiger charge is -2.36. The first-order valence-corrected chi connectivity index (χ1v) is 7.02. The van der Waals surface area contributed by atoms with Crippen LogP contribution in [0.5, 0.6) is 0 Å². The molecule has 1 aromatic rings. The maximum Gasteiger partial charge on any atom is 0.245 e. The van der Waals surface area contributed by atoms with Crippen molar-refractivity contribution in [2.75, 3.05) is 30.4 Å². The molecule has 0 radical (unpaired) electrons. The highest BCUT2D eigenvalue weighted by molar-refractivity contribution is 5.87. The average molecular weight is 276 g/mol. The van der Waals surface area contributed by atoms with Crippen LogP contribution in [0.4, 0.5) is 11.5 Å². The highest BCUT2D eigenvalue weighted by atomic mass is 16.5. The first-order chi connectivity index (χ1) is 9.65. The Hall–Kier alpha value is -1.82. The Morgan fingerprint density at radius 2 is 2.35 bits per heavy atom. The summed E-state index contributed by atoms with van der Waals surface area (Å²) in [5.41, 5.74) is 7.67. The Morgan fingerprint density at radius 3 is 3.05 bits per heavy atom. The summed E-state index contributed by atoms with van der Waals surface area (Å²) in [6.07, 6.45) is 3.92. The van der Waals surface area contributed by atoms with Gasteiger partial charge in [0.25, 0.3) is 0 Å². The lowest BCUT2D eigenvalue weighted by molar-refractivity contribution is -0.124. The van der Waals surface area contributed by atoms with E-state index in [0.29, 0.717) is 37.3 Å². The zero-order valence-electron chi connectivity index (χ0n) is 11.6. The molecule has 1 amide bonds. The van der Waals surface area contributed by atoms with Crippen molar-refractivity contribution >= 4 is 17.4 Å². The number of aromatic nitrogens is 1. The largest absolute Gasteiger partial charge is 0.396 e. The van der Waals surface area contributed by atoms with Gasteiger partial charge in [0.2, 0.25) is 5.91 Å². The molecule has 0 aromatic carbocycles. The second-order valence-electron chi connectivity index (χ2n) is 5.49. The molecule has 2 fully saturated rings. The maximum absolute atomic E-state index is 12.3. The van der Waals surface area contributed by atoms with Crippen LogP contribution < -0.4 is 16.0 Å². The summed E-state index contributed by atoms with van der Waals surface area (Å²) >= 11 is 0. The van der Waals surface area contributed by atoms with E-state index < -0.39 is 0 Å². The van der Waals surface area contributed by atoms with Gasteiger partial charge >= 0.3 is 0 Å². The minimum Gasteiger partial charge on any atom is -0.396 e. The quantitative estimate of drug-likeness (QED) is 0.838. The van der Waals surface area contributed by atoms with E-state index >= 15 is 0 Å². The number of rotatable bonds is 3. The van der Waals surface area contributed by atoms with E-state index in [0.717, 1.165) is 18.4 Å². The Labute approximate surface area is 118 Å². The van der Waals surface area contributed by atoms with E-state index in [1.807, 2.05) is 17.9 Å². The molecular weight excluding hydrogens is 256 g/mol. The van der Waals surface area contributed by atoms with Crippen LogP contribution in [0, 0.1) is 6.92 Å². The fraction of sp³-hybridized carbons (Fsp3) is 0.571. The molecule has 3 rings (SSSR count). The molecule has 0 bridgehead atoms. The number of anilines is 2. The predicted molar refractivity (Wildman–Crippen MR) is 76.5 cm³/mol. The third kappa shape index (κ3) is 2.70. The SMILES string of the molecule is Cc1cnc(N2CCOCC2C(=O)NC2CC2)c(N)c1. The molecule has 6 nitrogen and oxygen atoms in total. The molecular formula is C14H20N4O2. The first kappa shape index (κ1) is 13.2. The molecule has 1 aromatic heterocycles. The number of morpholine rings is 1. The van der Waals surface area contributed by atoms with Gasteiger partial charge in [-0.25, -0.2) is 4.98 Å². The molecule has 1 unspecified atom stereocenters. The average Bonchev–Trinajstić information content (AvgIpc) is 3.23. The lowest BCUT2D eigenvalue weighted by Crippen LogP contribution is -2.54. The van der Waals surface area contributed by atoms with Crippen LogP contribution in [-0.2, 0) is 9.53 Å². The number of aryl methyl sites for hydroxylation is 1. The van der Waals surface area contributed by atoms with Crippen LogP contribution in [0.1, 0.15) is 18.4 Å². The standard InChI is InChI=1S/C14H20N4O2/c1-9-6-11(15)13(16-7-9)18-4-5-20-8-12(18)14(19)17-10-2-3-10/h6-7,10,12H,2-5,8,15H2,1H3,(H,17,19). The van der Waals surface area contributed by atoms with Gasteiger partial charge in [-0.15, -0.1) is 0 Å². The number of carbonyl (C=O) groups excluding carboxylic acids is 1. The topological polar surface area (TPSA) is 80.5 Å². The van der Waals surface area contributed by atoms with Crippen LogP contribution in [0.25, 0.3) is 0 Å². The fourth-order valence-electron chi connectivity index (χ4n) is 2.42. The van der Waals surface area contributed by atoms with Crippen LogP contribution in [0.3, 0.4) is 0 Å². The number of nitrogens with zero attached hydrogens (tertiary/aromatic N) is 2. The van der Waals surface area contributed by atoms with Crippen molar-refractivity contribution in [2.45, 2.75) is 31.8 Å². The highest BCUT2D eigenvalue weighted by Crippen LogP contribution is 2.26. The van der Waals surface area contributed by atoms with Gasteiger partial charge in [0.1, 0.15) is 6.04 Å². The van der Waals surface area contributed by atoms with Crippen molar-refractivity contribution in [1.29, 1.82) is 0 Å². The Morgan fingerprint density at radius 1 is 1.55 bits per heavy atom. The summed E-state index contributed by atoms with van der Waals surface area (Å²) in [7, 11) is 0. The molecule has 1 saturated carbocycles. The van der Waals surface area contributed by atoms with Crippen LogP contribution in [0.15, 0.2) is 12.3 Å². The number of hydrogen-bond donors (Lipinski definition) is 2. The fourth-order valence-corrected chi connectivity index (χ4v) is 2.42. The monoisotopic (exact) mass is 276 g/mol. The van der Waals surface area contributed by atoms with Gasteiger partial charge < -0.3 is 20.7 Å². The number of carbonyl (C=O) groups is 1. The van der Waals surface area contributed by atoms with Gasteiger partial charge in [-0.2, -0.15) is 0 Å². The first-order valence-electron chi connectivity index (χ1n) is 7.02. The van der Waals surface area contributed by atoms with E-state index in [1.165, 1.54) is 0 Å². The third-order valence-corrected chi connectivity index (χ3v) is 3.66. The molecule has 1 saturated heterocycles. The van der Waals surface area contributed by atoms with E-state index in [2.05, 4.69) is 10.3 Å². The summed E-state index contributed by atoms with van der Waals surface area (Å²) in [6, 6.07) is 1.88. The molecule has 108 valence electrons. The number of ether oxygens (including phenoxy) is 1. The minimum absolute atomic E-state index is 0.00831. The summed E-state index contributed by atoms with van der Waals surface area (Å²) in [6.45, 7) is 3.54. The summed E-state index contributed by atoms with van der Waals surface area (Å²) in [4.78, 5) is 18.7. The zero-order chi connectivity index (χ0) is 14.1. The Balaban J connectivity index is 1.81. The van der Waals surface area contributed by atoms with Crippen molar-refractivity contribution in [2.24, 2.45) is 0 Å². The predicted octanol–water partition coefficient (Wildman–Crippen LogP) is 0.456. The van der Waals surface area contributed by atoms with Crippen molar-refractivity contribution in [3.8, 4) is 0 Å². The summed E-state index contributed by atoms with van der Waals surface area (Å²) in [5, 5.41) is 3.02. The van der Waals surface area contributed by atoms with Gasteiger partial charge in [0.05, 0.1) is 18.9 Å². The second-order valence-corrected chi connectivity index (χ2v) is 5.49. The van der Waals surface area contributed by atoms with E-state index in [1.54, 1.807) is 6.20 Å². The van der Waals surface area contributed by atoms with Gasteiger partial charge in [0, 0.05) is 18.8 Å². The number of nitrogens with two attached hydrogens (primary N) is 1. The Kier molecular flexibility index (Phi) is 3.48. The zero-order valence-corrected chi connectivity index (χ0v) is 11.6. The van der Waals surface area contributed by atoms with E-state index in [-0.39, 0.29) is 11.9 Å². The van der Waals surface area contributed by atoms with E-state index in [4.69, 9.17) is 10.5 Å². The molecule has 1 atom stereocenters. The van der Waals surface area contributed by atoms with Gasteiger partial charge in [0.15, 0.2) is 5.82 Å². The van der Waals surface area contributed by atoms with Gasteiger partial charge in [-0.05, 0) is 31.4 Å². The molecule has 6 heteroatoms. The number of nitrogen functional groups attached to an aromatic ring is 1. The normalized spacial score (nSPS) is 22.6. The highest BCUT2D eigenvalue weighted by Gasteiger charge is 2.34. The van der Waals surface area contributed by atoms with Gasteiger partial charge in [-0.3, -0.25) is 4.79 Å². The molecule has 1 aliphatic carbocycles. The Bertz CT molecular complexity index is 516. The number of nitrogens with one attached hydrogen (secondary N) is 1. The van der Waals surface area contributed by atoms with Crippen molar-refractivity contribution in [3.05, 3.63) is 17.8 Å². The van der Waals surface area contributed by atoms with Crippen molar-refractivity contribution < 1.29 is 9.53 Å². The molecule has 1 aliphatic heterocycles. The summed E-state index contributed by atoms with van der Waals surface area (Å²) in [5.74, 6) is 0.684. The molecule has 0 spiro atoms. The second kappa shape index (κ2) is 5.28. The number of amides is 1. The lowest BCUT2D eigenvalue weighted by atomic mass is 10.2. The minimum atomic E-state index is -0.346. The number of pyridine rings is 1. The smallest absolute Gasteiger partial charge is 0.245 e. The van der Waals surface area contributed by atoms with Gasteiger partial charge in [-0.1, -0.05) is 0 Å². The molecule has 20 heavy (non-hydrogen) atoms. The van der Waals surface area contributed by atoms with Crippen LogP contribution in [-0.4, -0.2) is 42.7 Å². The number of hydrogen-bond acceptors (Lipinski definition) is 5. The maximum atomic E-state index is 12.3. The molecule has 2 aliphatic rings. The molecule has 3 N–H and O–H groups in total. The third-order valence-electron chi connectivity index (χ3n) is 3.66. The van der Waals surface area contributed by atoms with E-state index in [9.17, 15) is 4.79 Å². The summed E-state index contributed by atoms with van der Waals surface area (Å²) < 4.78 is 5.45. The molecule has 2 heterocycles.